The fourth-order valence-electron chi connectivity index (χ4n) is 3.72. The van der Waals surface area contributed by atoms with Crippen molar-refractivity contribution in [2.24, 2.45) is 11.8 Å². The molecule has 1 aromatic carbocycles. The Hall–Kier alpha value is -1.51. The number of carbonyl (C=O) groups is 1. The zero-order chi connectivity index (χ0) is 15.5. The van der Waals surface area contributed by atoms with E-state index in [1.54, 1.807) is 0 Å². The van der Waals surface area contributed by atoms with Gasteiger partial charge >= 0.3 is 5.97 Å². The van der Waals surface area contributed by atoms with E-state index in [2.05, 4.69) is 38.2 Å². The summed E-state index contributed by atoms with van der Waals surface area (Å²) in [7, 11) is 1.49. The molecule has 1 aromatic rings. The van der Waals surface area contributed by atoms with E-state index in [4.69, 9.17) is 4.74 Å². The lowest BCUT2D eigenvalue weighted by Crippen LogP contribution is -2.56. The van der Waals surface area contributed by atoms with Crippen LogP contribution in [-0.4, -0.2) is 18.6 Å². The molecule has 0 amide bonds. The number of benzene rings is 1. The minimum absolute atomic E-state index is 0.123. The second-order valence-corrected chi connectivity index (χ2v) is 6.55. The molecule has 3 heteroatoms. The van der Waals surface area contributed by atoms with E-state index in [-0.39, 0.29) is 5.97 Å². The first-order valence-electron chi connectivity index (χ1n) is 7.93. The largest absolute Gasteiger partial charge is 0.467 e. The summed E-state index contributed by atoms with van der Waals surface area (Å²) in [5.74, 6) is 0.628. The maximum absolute atomic E-state index is 12.6. The molecule has 0 aliphatic heterocycles. The molecule has 21 heavy (non-hydrogen) atoms. The van der Waals surface area contributed by atoms with Gasteiger partial charge in [0, 0.05) is 5.69 Å². The molecule has 1 aliphatic rings. The number of hydrogen-bond acceptors (Lipinski definition) is 3. The summed E-state index contributed by atoms with van der Waals surface area (Å²) in [6.45, 7) is 6.47. The summed E-state index contributed by atoms with van der Waals surface area (Å²) in [6, 6.07) is 8.22. The van der Waals surface area contributed by atoms with Crippen LogP contribution in [0.25, 0.3) is 0 Å². The topological polar surface area (TPSA) is 38.3 Å². The number of ether oxygens (including phenoxy) is 1. The second kappa shape index (κ2) is 6.50. The highest BCUT2D eigenvalue weighted by atomic mass is 16.5. The minimum atomic E-state index is -0.588. The maximum atomic E-state index is 12.6. The Morgan fingerprint density at radius 2 is 2.14 bits per heavy atom. The quantitative estimate of drug-likeness (QED) is 0.846. The van der Waals surface area contributed by atoms with Crippen molar-refractivity contribution in [3.8, 4) is 0 Å². The number of nitrogens with one attached hydrogen (secondary N) is 1. The average molecular weight is 289 g/mol. The Labute approximate surface area is 128 Å². The van der Waals surface area contributed by atoms with Gasteiger partial charge in [0.15, 0.2) is 0 Å². The van der Waals surface area contributed by atoms with Crippen LogP contribution in [0.3, 0.4) is 0 Å². The molecular formula is C18H27NO2. The van der Waals surface area contributed by atoms with Crippen molar-refractivity contribution in [2.75, 3.05) is 12.4 Å². The summed E-state index contributed by atoms with van der Waals surface area (Å²) < 4.78 is 5.17. The zero-order valence-electron chi connectivity index (χ0n) is 13.6. The monoisotopic (exact) mass is 289 g/mol. The Morgan fingerprint density at radius 1 is 1.38 bits per heavy atom. The third-order valence-electron chi connectivity index (χ3n) is 4.71. The molecule has 1 saturated carbocycles. The number of rotatable bonds is 4. The van der Waals surface area contributed by atoms with Crippen LogP contribution in [0.15, 0.2) is 24.3 Å². The van der Waals surface area contributed by atoms with E-state index in [9.17, 15) is 4.79 Å². The Bertz CT molecular complexity index is 498. The summed E-state index contributed by atoms with van der Waals surface area (Å²) in [4.78, 5) is 12.6. The van der Waals surface area contributed by atoms with Crippen molar-refractivity contribution in [3.63, 3.8) is 0 Å². The van der Waals surface area contributed by atoms with Gasteiger partial charge in [0.05, 0.1) is 7.11 Å². The number of esters is 1. The van der Waals surface area contributed by atoms with Crippen molar-refractivity contribution in [1.82, 2.24) is 0 Å². The Balaban J connectivity index is 2.38. The standard InChI is InChI=1S/C18H27NO2/c1-13(2)16-10-5-6-11-18(16,17(20)21-4)19-15-9-7-8-14(3)12-15/h7-9,12-13,16,19H,5-6,10-11H2,1-4H3. The highest BCUT2D eigenvalue weighted by Crippen LogP contribution is 2.41. The maximum Gasteiger partial charge on any atom is 0.331 e. The lowest BCUT2D eigenvalue weighted by Gasteiger charge is -2.45. The first-order valence-corrected chi connectivity index (χ1v) is 7.93. The van der Waals surface area contributed by atoms with Gasteiger partial charge in [0.25, 0.3) is 0 Å². The lowest BCUT2D eigenvalue weighted by molar-refractivity contribution is -0.150. The van der Waals surface area contributed by atoms with E-state index in [0.717, 1.165) is 24.9 Å². The minimum Gasteiger partial charge on any atom is -0.467 e. The summed E-state index contributed by atoms with van der Waals surface area (Å²) in [5.41, 5.74) is 1.61. The van der Waals surface area contributed by atoms with E-state index >= 15 is 0 Å². The van der Waals surface area contributed by atoms with Gasteiger partial charge in [-0.3, -0.25) is 0 Å². The van der Waals surface area contributed by atoms with Gasteiger partial charge in [0.2, 0.25) is 0 Å². The van der Waals surface area contributed by atoms with Gasteiger partial charge in [-0.05, 0) is 49.3 Å². The predicted octanol–water partition coefficient (Wildman–Crippen LogP) is 4.16. The van der Waals surface area contributed by atoms with Gasteiger partial charge in [-0.15, -0.1) is 0 Å². The predicted molar refractivity (Wildman–Crippen MR) is 86.3 cm³/mol. The number of carbonyl (C=O) groups excluding carboxylic acids is 1. The van der Waals surface area contributed by atoms with Crippen LogP contribution >= 0.6 is 0 Å². The van der Waals surface area contributed by atoms with Crippen LogP contribution in [0.5, 0.6) is 0 Å². The third-order valence-corrected chi connectivity index (χ3v) is 4.71. The van der Waals surface area contributed by atoms with Crippen molar-refractivity contribution in [3.05, 3.63) is 29.8 Å². The van der Waals surface area contributed by atoms with Crippen molar-refractivity contribution in [2.45, 2.75) is 52.0 Å². The molecule has 1 N–H and O–H groups in total. The molecule has 0 radical (unpaired) electrons. The SMILES string of the molecule is COC(=O)C1(Nc2cccc(C)c2)CCCCC1C(C)C. The lowest BCUT2D eigenvalue weighted by atomic mass is 9.67. The first kappa shape index (κ1) is 15.9. The van der Waals surface area contributed by atoms with Crippen LogP contribution in [0.2, 0.25) is 0 Å². The Morgan fingerprint density at radius 3 is 2.76 bits per heavy atom. The normalized spacial score (nSPS) is 25.7. The van der Waals surface area contributed by atoms with E-state index in [0.29, 0.717) is 11.8 Å². The Kier molecular flexibility index (Phi) is 4.92. The second-order valence-electron chi connectivity index (χ2n) is 6.55. The fraction of sp³-hybridized carbons (Fsp3) is 0.611. The van der Waals surface area contributed by atoms with Crippen LogP contribution in [0.1, 0.15) is 45.1 Å². The molecule has 116 valence electrons. The fourth-order valence-corrected chi connectivity index (χ4v) is 3.72. The van der Waals surface area contributed by atoms with Gasteiger partial charge in [-0.25, -0.2) is 4.79 Å². The van der Waals surface area contributed by atoms with E-state index in [1.165, 1.54) is 19.1 Å². The summed E-state index contributed by atoms with van der Waals surface area (Å²) in [5, 5.41) is 3.54. The molecule has 0 aromatic heterocycles. The molecule has 0 bridgehead atoms. The molecule has 3 nitrogen and oxygen atoms in total. The molecule has 0 saturated heterocycles. The van der Waals surface area contributed by atoms with Gasteiger partial charge in [-0.1, -0.05) is 38.8 Å². The van der Waals surface area contributed by atoms with E-state index in [1.807, 2.05) is 12.1 Å². The molecule has 1 fully saturated rings. The highest BCUT2D eigenvalue weighted by molar-refractivity contribution is 5.85. The van der Waals surface area contributed by atoms with Gasteiger partial charge < -0.3 is 10.1 Å². The van der Waals surface area contributed by atoms with Crippen molar-refractivity contribution < 1.29 is 9.53 Å². The molecule has 0 spiro atoms. The van der Waals surface area contributed by atoms with Crippen LogP contribution in [-0.2, 0) is 9.53 Å². The number of hydrogen-bond donors (Lipinski definition) is 1. The number of anilines is 1. The zero-order valence-corrected chi connectivity index (χ0v) is 13.6. The van der Waals surface area contributed by atoms with Crippen LogP contribution in [0, 0.1) is 18.8 Å². The number of methoxy groups -OCH3 is 1. The van der Waals surface area contributed by atoms with Gasteiger partial charge in [-0.2, -0.15) is 0 Å². The van der Waals surface area contributed by atoms with Crippen molar-refractivity contribution >= 4 is 11.7 Å². The first-order chi connectivity index (χ1) is 9.99. The third kappa shape index (κ3) is 3.22. The van der Waals surface area contributed by atoms with Crippen LogP contribution in [0.4, 0.5) is 5.69 Å². The van der Waals surface area contributed by atoms with E-state index < -0.39 is 5.54 Å². The van der Waals surface area contributed by atoms with Crippen LogP contribution < -0.4 is 5.32 Å². The molecule has 2 rings (SSSR count). The average Bonchev–Trinajstić information content (AvgIpc) is 2.46. The molecule has 2 unspecified atom stereocenters. The summed E-state index contributed by atoms with van der Waals surface area (Å²) in [6.07, 6.45) is 4.18. The highest BCUT2D eigenvalue weighted by Gasteiger charge is 2.49. The number of aryl methyl sites for hydroxylation is 1. The molecule has 0 heterocycles. The molecular weight excluding hydrogens is 262 g/mol. The summed E-state index contributed by atoms with van der Waals surface area (Å²) >= 11 is 0. The molecule has 2 atom stereocenters. The van der Waals surface area contributed by atoms with Gasteiger partial charge in [0.1, 0.15) is 5.54 Å². The smallest absolute Gasteiger partial charge is 0.331 e. The van der Waals surface area contributed by atoms with Crippen molar-refractivity contribution in [1.29, 1.82) is 0 Å². The molecule has 1 aliphatic carbocycles.